The highest BCUT2D eigenvalue weighted by atomic mass is 16.5. The number of carbonyl (C=O) groups excluding carboxylic acids is 2. The molecule has 3 aromatic rings. The summed E-state index contributed by atoms with van der Waals surface area (Å²) in [6.45, 7) is 4.97. The molecule has 35 heavy (non-hydrogen) atoms. The third kappa shape index (κ3) is 5.08. The molecule has 3 heterocycles. The molecule has 5 rings (SSSR count). The Labute approximate surface area is 206 Å². The van der Waals surface area contributed by atoms with Gasteiger partial charge in [-0.1, -0.05) is 55.5 Å². The first-order valence-electron chi connectivity index (χ1n) is 12.8. The highest BCUT2D eigenvalue weighted by molar-refractivity contribution is 6.05. The van der Waals surface area contributed by atoms with Crippen molar-refractivity contribution >= 4 is 22.8 Å². The SMILES string of the molecule is CCC1CCCCN1C(=O)COC(=O)c1c2c(nc3ccccc13)CCN(Cc1ccccc1)C2. The fourth-order valence-electron chi connectivity index (χ4n) is 5.49. The van der Waals surface area contributed by atoms with E-state index in [0.29, 0.717) is 12.1 Å². The van der Waals surface area contributed by atoms with Crippen LogP contribution in [0.2, 0.25) is 0 Å². The number of para-hydroxylation sites is 1. The van der Waals surface area contributed by atoms with Gasteiger partial charge in [-0.05, 0) is 37.3 Å². The molecule has 0 radical (unpaired) electrons. The van der Waals surface area contributed by atoms with Crippen LogP contribution in [0.3, 0.4) is 0 Å². The third-order valence-electron chi connectivity index (χ3n) is 7.32. The molecular formula is C29H33N3O3. The zero-order valence-electron chi connectivity index (χ0n) is 20.4. The topological polar surface area (TPSA) is 62.7 Å². The minimum Gasteiger partial charge on any atom is -0.452 e. The predicted molar refractivity (Wildman–Crippen MR) is 136 cm³/mol. The first-order chi connectivity index (χ1) is 17.1. The van der Waals surface area contributed by atoms with Gasteiger partial charge in [0.1, 0.15) is 0 Å². The smallest absolute Gasteiger partial charge is 0.339 e. The van der Waals surface area contributed by atoms with Crippen molar-refractivity contribution in [2.75, 3.05) is 19.7 Å². The normalized spacial score (nSPS) is 18.3. The zero-order chi connectivity index (χ0) is 24.2. The quantitative estimate of drug-likeness (QED) is 0.486. The number of ether oxygens (including phenoxy) is 1. The molecule has 182 valence electrons. The number of nitrogens with zero attached hydrogens (tertiary/aromatic N) is 3. The number of fused-ring (bicyclic) bond motifs is 2. The highest BCUT2D eigenvalue weighted by Crippen LogP contribution is 2.29. The molecule has 0 spiro atoms. The molecule has 1 atom stereocenters. The summed E-state index contributed by atoms with van der Waals surface area (Å²) in [7, 11) is 0. The molecule has 2 aliphatic heterocycles. The van der Waals surface area contributed by atoms with Crippen molar-refractivity contribution in [1.29, 1.82) is 0 Å². The maximum absolute atomic E-state index is 13.5. The van der Waals surface area contributed by atoms with Crippen molar-refractivity contribution in [2.24, 2.45) is 0 Å². The van der Waals surface area contributed by atoms with Gasteiger partial charge in [-0.15, -0.1) is 0 Å². The van der Waals surface area contributed by atoms with E-state index in [-0.39, 0.29) is 18.6 Å². The number of likely N-dealkylation sites (tertiary alicyclic amines) is 1. The van der Waals surface area contributed by atoms with Crippen LogP contribution in [0.1, 0.15) is 59.8 Å². The number of hydrogen-bond donors (Lipinski definition) is 0. The van der Waals surface area contributed by atoms with E-state index >= 15 is 0 Å². The number of aromatic nitrogens is 1. The largest absolute Gasteiger partial charge is 0.452 e. The molecule has 2 aliphatic rings. The first kappa shape index (κ1) is 23.5. The van der Waals surface area contributed by atoms with E-state index < -0.39 is 5.97 Å². The lowest BCUT2D eigenvalue weighted by Gasteiger charge is -2.35. The van der Waals surface area contributed by atoms with Gasteiger partial charge in [0.2, 0.25) is 0 Å². The van der Waals surface area contributed by atoms with Crippen LogP contribution in [-0.2, 0) is 29.0 Å². The number of esters is 1. The summed E-state index contributed by atoms with van der Waals surface area (Å²) in [6, 6.07) is 18.3. The fraction of sp³-hybridized carbons (Fsp3) is 0.414. The van der Waals surface area contributed by atoms with Gasteiger partial charge in [-0.25, -0.2) is 4.79 Å². The lowest BCUT2D eigenvalue weighted by molar-refractivity contribution is -0.138. The van der Waals surface area contributed by atoms with Crippen LogP contribution in [0.4, 0.5) is 0 Å². The number of pyridine rings is 1. The molecule has 0 saturated carbocycles. The zero-order valence-corrected chi connectivity index (χ0v) is 20.4. The van der Waals surface area contributed by atoms with Gasteiger partial charge >= 0.3 is 5.97 Å². The summed E-state index contributed by atoms with van der Waals surface area (Å²) in [5.41, 5.74) is 4.47. The van der Waals surface area contributed by atoms with Gasteiger partial charge in [0.25, 0.3) is 5.91 Å². The molecule has 0 aliphatic carbocycles. The van der Waals surface area contributed by atoms with Crippen LogP contribution < -0.4 is 0 Å². The average molecular weight is 472 g/mol. The van der Waals surface area contributed by atoms with Crippen LogP contribution in [0.5, 0.6) is 0 Å². The first-order valence-corrected chi connectivity index (χ1v) is 12.8. The summed E-state index contributed by atoms with van der Waals surface area (Å²) >= 11 is 0. The highest BCUT2D eigenvalue weighted by Gasteiger charge is 2.29. The van der Waals surface area contributed by atoms with Gasteiger partial charge < -0.3 is 9.64 Å². The number of benzene rings is 2. The van der Waals surface area contributed by atoms with Crippen LogP contribution in [0.15, 0.2) is 54.6 Å². The Bertz CT molecular complexity index is 1210. The second-order valence-electron chi connectivity index (χ2n) is 9.60. The molecule has 1 unspecified atom stereocenters. The lowest BCUT2D eigenvalue weighted by atomic mass is 9.95. The molecule has 0 N–H and O–H groups in total. The van der Waals surface area contributed by atoms with Gasteiger partial charge in [-0.3, -0.25) is 14.7 Å². The number of piperidine rings is 1. The van der Waals surface area contributed by atoms with Crippen molar-refractivity contribution in [3.63, 3.8) is 0 Å². The Kier molecular flexibility index (Phi) is 7.09. The maximum Gasteiger partial charge on any atom is 0.339 e. The monoisotopic (exact) mass is 471 g/mol. The number of carbonyl (C=O) groups is 2. The number of rotatable bonds is 6. The predicted octanol–water partition coefficient (Wildman–Crippen LogP) is 4.74. The third-order valence-corrected chi connectivity index (χ3v) is 7.32. The number of hydrogen-bond acceptors (Lipinski definition) is 5. The lowest BCUT2D eigenvalue weighted by Crippen LogP contribution is -2.45. The van der Waals surface area contributed by atoms with Crippen molar-refractivity contribution in [3.05, 3.63) is 77.0 Å². The molecular weight excluding hydrogens is 438 g/mol. The Morgan fingerprint density at radius 3 is 2.66 bits per heavy atom. The summed E-state index contributed by atoms with van der Waals surface area (Å²) in [4.78, 5) is 35.6. The van der Waals surface area contributed by atoms with Crippen molar-refractivity contribution in [3.8, 4) is 0 Å². The van der Waals surface area contributed by atoms with Crippen LogP contribution >= 0.6 is 0 Å². The second-order valence-corrected chi connectivity index (χ2v) is 9.60. The van der Waals surface area contributed by atoms with E-state index in [4.69, 9.17) is 9.72 Å². The van der Waals surface area contributed by atoms with E-state index in [0.717, 1.165) is 73.9 Å². The van der Waals surface area contributed by atoms with Crippen molar-refractivity contribution in [1.82, 2.24) is 14.8 Å². The summed E-state index contributed by atoms with van der Waals surface area (Å²) < 4.78 is 5.69. The van der Waals surface area contributed by atoms with Gasteiger partial charge in [0.05, 0.1) is 11.1 Å². The molecule has 1 aromatic heterocycles. The molecule has 1 saturated heterocycles. The van der Waals surface area contributed by atoms with Gasteiger partial charge in [0.15, 0.2) is 6.61 Å². The summed E-state index contributed by atoms with van der Waals surface area (Å²) in [5.74, 6) is -0.525. The standard InChI is InChI=1S/C29H33N3O3/c1-2-22-12-8-9-16-32(22)27(33)20-35-29(34)28-23-13-6-7-14-25(23)30-26-15-17-31(19-24(26)28)18-21-10-4-3-5-11-21/h3-7,10-11,13-14,22H,2,8-9,12,15-20H2,1H3. The molecule has 6 nitrogen and oxygen atoms in total. The molecule has 2 aromatic carbocycles. The summed E-state index contributed by atoms with van der Waals surface area (Å²) in [6.07, 6.45) is 4.89. The molecule has 1 amide bonds. The van der Waals surface area contributed by atoms with E-state index in [9.17, 15) is 9.59 Å². The van der Waals surface area contributed by atoms with Crippen LogP contribution in [0, 0.1) is 0 Å². The molecule has 0 bridgehead atoms. The Morgan fingerprint density at radius 2 is 1.83 bits per heavy atom. The van der Waals surface area contributed by atoms with Gasteiger partial charge in [-0.2, -0.15) is 0 Å². The minimum atomic E-state index is -0.431. The Hall–Kier alpha value is -3.25. The Balaban J connectivity index is 1.39. The van der Waals surface area contributed by atoms with Crippen molar-refractivity contribution < 1.29 is 14.3 Å². The van der Waals surface area contributed by atoms with E-state index in [1.165, 1.54) is 5.56 Å². The van der Waals surface area contributed by atoms with Crippen LogP contribution in [-0.4, -0.2) is 52.4 Å². The maximum atomic E-state index is 13.5. The molecule has 6 heteroatoms. The second kappa shape index (κ2) is 10.6. The van der Waals surface area contributed by atoms with E-state index in [1.807, 2.05) is 47.4 Å². The number of amides is 1. The van der Waals surface area contributed by atoms with E-state index in [2.05, 4.69) is 24.0 Å². The van der Waals surface area contributed by atoms with Gasteiger partial charge in [0, 0.05) is 55.3 Å². The summed E-state index contributed by atoms with van der Waals surface area (Å²) in [5, 5.41) is 0.787. The van der Waals surface area contributed by atoms with E-state index in [1.54, 1.807) is 0 Å². The molecule has 1 fully saturated rings. The fourth-order valence-corrected chi connectivity index (χ4v) is 5.49. The average Bonchev–Trinajstić information content (AvgIpc) is 2.90. The van der Waals surface area contributed by atoms with Crippen molar-refractivity contribution in [2.45, 2.75) is 58.2 Å². The Morgan fingerprint density at radius 1 is 1.03 bits per heavy atom. The minimum absolute atomic E-state index is 0.0946. The van der Waals surface area contributed by atoms with Crippen LogP contribution in [0.25, 0.3) is 10.9 Å².